The highest BCUT2D eigenvalue weighted by Gasteiger charge is 2.20. The second-order valence-electron chi connectivity index (χ2n) is 4.66. The van der Waals surface area contributed by atoms with Gasteiger partial charge < -0.3 is 4.90 Å². The molecule has 96 valence electrons. The van der Waals surface area contributed by atoms with Crippen molar-refractivity contribution in [2.24, 2.45) is 0 Å². The van der Waals surface area contributed by atoms with E-state index < -0.39 is 0 Å². The average molecular weight is 254 g/mol. The molecule has 0 atom stereocenters. The molecule has 1 aliphatic heterocycles. The SMILES string of the molecule is O=[N+]([O-])c1ccc2c(c1)N(c1ccccc1)CCC2. The summed E-state index contributed by atoms with van der Waals surface area (Å²) < 4.78 is 0. The fourth-order valence-corrected chi connectivity index (χ4v) is 2.55. The topological polar surface area (TPSA) is 46.4 Å². The van der Waals surface area contributed by atoms with Gasteiger partial charge in [-0.25, -0.2) is 0 Å². The molecule has 0 aliphatic carbocycles. The van der Waals surface area contributed by atoms with E-state index in [2.05, 4.69) is 4.90 Å². The van der Waals surface area contributed by atoms with E-state index in [0.29, 0.717) is 0 Å². The van der Waals surface area contributed by atoms with Gasteiger partial charge in [-0.15, -0.1) is 0 Å². The normalized spacial score (nSPS) is 14.0. The molecule has 0 saturated heterocycles. The zero-order valence-electron chi connectivity index (χ0n) is 10.5. The molecule has 3 rings (SSSR count). The zero-order valence-corrected chi connectivity index (χ0v) is 10.5. The lowest BCUT2D eigenvalue weighted by molar-refractivity contribution is -0.384. The summed E-state index contributed by atoms with van der Waals surface area (Å²) in [5.74, 6) is 0. The highest BCUT2D eigenvalue weighted by atomic mass is 16.6. The summed E-state index contributed by atoms with van der Waals surface area (Å²) in [6.45, 7) is 0.901. The smallest absolute Gasteiger partial charge is 0.271 e. The molecule has 0 unspecified atom stereocenters. The number of non-ortho nitro benzene ring substituents is 1. The molecule has 0 spiro atoms. The van der Waals surface area contributed by atoms with Crippen LogP contribution in [0, 0.1) is 10.1 Å². The molecular formula is C15H14N2O2. The summed E-state index contributed by atoms with van der Waals surface area (Å²) >= 11 is 0. The molecule has 2 aromatic rings. The number of benzene rings is 2. The van der Waals surface area contributed by atoms with Gasteiger partial charge in [0.2, 0.25) is 0 Å². The molecule has 0 saturated carbocycles. The molecule has 4 heteroatoms. The van der Waals surface area contributed by atoms with Gasteiger partial charge in [-0.05, 0) is 30.5 Å². The fourth-order valence-electron chi connectivity index (χ4n) is 2.55. The van der Waals surface area contributed by atoms with Crippen molar-refractivity contribution in [1.29, 1.82) is 0 Å². The summed E-state index contributed by atoms with van der Waals surface area (Å²) in [6.07, 6.45) is 2.05. The van der Waals surface area contributed by atoms with Gasteiger partial charge >= 0.3 is 0 Å². The first kappa shape index (κ1) is 11.7. The van der Waals surface area contributed by atoms with Gasteiger partial charge in [-0.2, -0.15) is 0 Å². The number of nitro groups is 1. The number of fused-ring (bicyclic) bond motifs is 1. The van der Waals surface area contributed by atoms with Crippen molar-refractivity contribution >= 4 is 17.1 Å². The molecule has 0 radical (unpaired) electrons. The number of para-hydroxylation sites is 1. The molecule has 0 bridgehead atoms. The number of anilines is 2. The van der Waals surface area contributed by atoms with Crippen LogP contribution in [0.3, 0.4) is 0 Å². The summed E-state index contributed by atoms with van der Waals surface area (Å²) in [6, 6.07) is 15.2. The maximum atomic E-state index is 10.9. The summed E-state index contributed by atoms with van der Waals surface area (Å²) in [7, 11) is 0. The lowest BCUT2D eigenvalue weighted by Crippen LogP contribution is -2.24. The second-order valence-corrected chi connectivity index (χ2v) is 4.66. The van der Waals surface area contributed by atoms with Crippen molar-refractivity contribution in [1.82, 2.24) is 0 Å². The molecule has 4 nitrogen and oxygen atoms in total. The first-order valence-electron chi connectivity index (χ1n) is 6.35. The van der Waals surface area contributed by atoms with E-state index in [1.807, 2.05) is 36.4 Å². The third-order valence-electron chi connectivity index (χ3n) is 3.47. The molecule has 0 aromatic heterocycles. The number of nitro benzene ring substituents is 1. The Labute approximate surface area is 111 Å². The van der Waals surface area contributed by atoms with Crippen LogP contribution in [0.15, 0.2) is 48.5 Å². The summed E-state index contributed by atoms with van der Waals surface area (Å²) in [5.41, 5.74) is 3.39. The van der Waals surface area contributed by atoms with E-state index in [4.69, 9.17) is 0 Å². The Kier molecular flexibility index (Phi) is 2.91. The fraction of sp³-hybridized carbons (Fsp3) is 0.200. The first-order valence-corrected chi connectivity index (χ1v) is 6.35. The predicted octanol–water partition coefficient (Wildman–Crippen LogP) is 3.68. The molecule has 2 aromatic carbocycles. The van der Waals surface area contributed by atoms with Crippen molar-refractivity contribution in [3.63, 3.8) is 0 Å². The van der Waals surface area contributed by atoms with Crippen LogP contribution in [-0.4, -0.2) is 11.5 Å². The Bertz CT molecular complexity index is 611. The number of rotatable bonds is 2. The van der Waals surface area contributed by atoms with Gasteiger partial charge in [-0.1, -0.05) is 24.3 Å². The van der Waals surface area contributed by atoms with Crippen LogP contribution in [0.25, 0.3) is 0 Å². The molecule has 1 heterocycles. The Hall–Kier alpha value is -2.36. The van der Waals surface area contributed by atoms with Crippen molar-refractivity contribution in [2.45, 2.75) is 12.8 Å². The lowest BCUT2D eigenvalue weighted by Gasteiger charge is -2.31. The molecular weight excluding hydrogens is 240 g/mol. The Balaban J connectivity index is 2.08. The van der Waals surface area contributed by atoms with E-state index in [-0.39, 0.29) is 10.6 Å². The van der Waals surface area contributed by atoms with Gasteiger partial charge in [0.15, 0.2) is 0 Å². The summed E-state index contributed by atoms with van der Waals surface area (Å²) in [5, 5.41) is 10.9. The van der Waals surface area contributed by atoms with Crippen LogP contribution in [0.5, 0.6) is 0 Å². The van der Waals surface area contributed by atoms with Crippen LogP contribution < -0.4 is 4.90 Å². The van der Waals surface area contributed by atoms with Gasteiger partial charge in [-0.3, -0.25) is 10.1 Å². The van der Waals surface area contributed by atoms with Crippen LogP contribution in [0.4, 0.5) is 17.1 Å². The quantitative estimate of drug-likeness (QED) is 0.606. The zero-order chi connectivity index (χ0) is 13.2. The van der Waals surface area contributed by atoms with Crippen molar-refractivity contribution in [3.05, 3.63) is 64.2 Å². The largest absolute Gasteiger partial charge is 0.341 e. The van der Waals surface area contributed by atoms with E-state index >= 15 is 0 Å². The van der Waals surface area contributed by atoms with Gasteiger partial charge in [0.05, 0.1) is 10.6 Å². The highest BCUT2D eigenvalue weighted by Crippen LogP contribution is 2.35. The number of aryl methyl sites for hydroxylation is 1. The molecule has 1 aliphatic rings. The minimum absolute atomic E-state index is 0.154. The third-order valence-corrected chi connectivity index (χ3v) is 3.47. The monoisotopic (exact) mass is 254 g/mol. The summed E-state index contributed by atoms with van der Waals surface area (Å²) in [4.78, 5) is 12.7. The Morgan fingerprint density at radius 2 is 1.89 bits per heavy atom. The van der Waals surface area contributed by atoms with E-state index in [1.165, 1.54) is 5.56 Å². The first-order chi connectivity index (χ1) is 9.25. The van der Waals surface area contributed by atoms with E-state index in [1.54, 1.807) is 12.1 Å². The van der Waals surface area contributed by atoms with Crippen LogP contribution in [0.2, 0.25) is 0 Å². The molecule has 0 fully saturated rings. The minimum atomic E-state index is -0.335. The van der Waals surface area contributed by atoms with Crippen LogP contribution >= 0.6 is 0 Å². The van der Waals surface area contributed by atoms with Crippen LogP contribution in [-0.2, 0) is 6.42 Å². The Morgan fingerprint density at radius 1 is 1.11 bits per heavy atom. The van der Waals surface area contributed by atoms with Crippen molar-refractivity contribution in [3.8, 4) is 0 Å². The maximum Gasteiger partial charge on any atom is 0.271 e. The number of hydrogen-bond acceptors (Lipinski definition) is 3. The average Bonchev–Trinajstić information content (AvgIpc) is 2.47. The second kappa shape index (κ2) is 4.72. The Morgan fingerprint density at radius 3 is 2.63 bits per heavy atom. The third kappa shape index (κ3) is 2.17. The van der Waals surface area contributed by atoms with Crippen molar-refractivity contribution < 1.29 is 4.92 Å². The lowest BCUT2D eigenvalue weighted by atomic mass is 10.0. The van der Waals surface area contributed by atoms with Gasteiger partial charge in [0.25, 0.3) is 5.69 Å². The number of hydrogen-bond donors (Lipinski definition) is 0. The highest BCUT2D eigenvalue weighted by molar-refractivity contribution is 5.70. The number of nitrogens with zero attached hydrogens (tertiary/aromatic N) is 2. The molecule has 0 amide bonds. The molecule has 19 heavy (non-hydrogen) atoms. The standard InChI is InChI=1S/C15H14N2O2/c18-17(19)14-9-8-12-5-4-10-16(15(12)11-14)13-6-2-1-3-7-13/h1-3,6-9,11H,4-5,10H2. The van der Waals surface area contributed by atoms with E-state index in [9.17, 15) is 10.1 Å². The predicted molar refractivity (Wildman–Crippen MR) is 74.9 cm³/mol. The van der Waals surface area contributed by atoms with Crippen molar-refractivity contribution in [2.75, 3.05) is 11.4 Å². The molecule has 0 N–H and O–H groups in total. The van der Waals surface area contributed by atoms with Gasteiger partial charge in [0.1, 0.15) is 0 Å². The van der Waals surface area contributed by atoms with E-state index in [0.717, 1.165) is 30.8 Å². The maximum absolute atomic E-state index is 10.9. The van der Waals surface area contributed by atoms with Crippen LogP contribution in [0.1, 0.15) is 12.0 Å². The minimum Gasteiger partial charge on any atom is -0.341 e. The van der Waals surface area contributed by atoms with Gasteiger partial charge in [0, 0.05) is 24.4 Å².